The zero-order valence-electron chi connectivity index (χ0n) is 15.5. The van der Waals surface area contributed by atoms with Gasteiger partial charge in [-0.25, -0.2) is 9.67 Å². The van der Waals surface area contributed by atoms with E-state index in [0.29, 0.717) is 17.8 Å². The Hall–Kier alpha value is -3.74. The van der Waals surface area contributed by atoms with Gasteiger partial charge in [0.05, 0.1) is 29.7 Å². The molecule has 0 spiro atoms. The molecule has 0 bridgehead atoms. The number of carbonyl (C=O) groups excluding carboxylic acids is 1. The third-order valence-electron chi connectivity index (χ3n) is 4.51. The molecule has 4 rings (SSSR count). The van der Waals surface area contributed by atoms with Crippen LogP contribution in [0.5, 0.6) is 0 Å². The molecular weight excluding hydrogens is 352 g/mol. The Bertz CT molecular complexity index is 1050. The molecule has 2 aromatic heterocycles. The number of amides is 1. The molecule has 0 radical (unpaired) electrons. The Morgan fingerprint density at radius 1 is 1.04 bits per heavy atom. The summed E-state index contributed by atoms with van der Waals surface area (Å²) in [5, 5.41) is 11.5. The van der Waals surface area contributed by atoms with Crippen LogP contribution in [0.1, 0.15) is 28.5 Å². The van der Waals surface area contributed by atoms with E-state index in [1.165, 1.54) is 6.33 Å². The normalized spacial score (nSPS) is 10.8. The highest BCUT2D eigenvalue weighted by Gasteiger charge is 2.16. The molecule has 0 saturated heterocycles. The number of benzene rings is 2. The topological polar surface area (TPSA) is 77.6 Å². The molecule has 1 N–H and O–H groups in total. The summed E-state index contributed by atoms with van der Waals surface area (Å²) in [6, 6.07) is 17.5. The highest BCUT2D eigenvalue weighted by atomic mass is 16.1. The predicted molar refractivity (Wildman–Crippen MR) is 106 cm³/mol. The van der Waals surface area contributed by atoms with Crippen LogP contribution in [0.15, 0.2) is 73.4 Å². The van der Waals surface area contributed by atoms with E-state index in [0.717, 1.165) is 23.4 Å². The van der Waals surface area contributed by atoms with Crippen molar-refractivity contribution in [3.8, 4) is 5.69 Å². The maximum absolute atomic E-state index is 12.8. The zero-order chi connectivity index (χ0) is 19.3. The molecule has 0 unspecified atom stereocenters. The maximum atomic E-state index is 12.8. The minimum Gasteiger partial charge on any atom is -0.322 e. The van der Waals surface area contributed by atoms with Crippen molar-refractivity contribution < 1.29 is 4.79 Å². The summed E-state index contributed by atoms with van der Waals surface area (Å²) in [6.07, 6.45) is 5.47. The first-order chi connectivity index (χ1) is 13.7. The Balaban J connectivity index is 1.50. The molecule has 0 aliphatic carbocycles. The third-order valence-corrected chi connectivity index (χ3v) is 4.51. The van der Waals surface area contributed by atoms with E-state index in [-0.39, 0.29) is 5.91 Å². The summed E-state index contributed by atoms with van der Waals surface area (Å²) in [4.78, 5) is 16.7. The van der Waals surface area contributed by atoms with E-state index in [1.54, 1.807) is 17.2 Å². The highest BCUT2D eigenvalue weighted by Crippen LogP contribution is 2.17. The summed E-state index contributed by atoms with van der Waals surface area (Å²) in [5.74, 6) is -0.162. The van der Waals surface area contributed by atoms with Crippen molar-refractivity contribution in [2.45, 2.75) is 19.9 Å². The average molecular weight is 372 g/mol. The number of hydrogen-bond donors (Lipinski definition) is 1. The maximum Gasteiger partial charge on any atom is 0.259 e. The standard InChI is InChI=1S/C21H20N6O/c1-2-20-19(12-23-26(20)13-16-6-4-3-5-7-16)21(28)25-17-8-10-18(11-9-17)27-15-22-14-24-27/h3-12,14-15H,2,13H2,1H3,(H,25,28). The number of hydrogen-bond acceptors (Lipinski definition) is 4. The summed E-state index contributed by atoms with van der Waals surface area (Å²) in [6.45, 7) is 2.67. The van der Waals surface area contributed by atoms with Crippen LogP contribution in [-0.2, 0) is 13.0 Å². The molecular formula is C21H20N6O. The predicted octanol–water partition coefficient (Wildman–Crippen LogP) is 3.33. The van der Waals surface area contributed by atoms with Crippen LogP contribution in [0, 0.1) is 0 Å². The average Bonchev–Trinajstić information content (AvgIpc) is 3.39. The number of rotatable bonds is 6. The lowest BCUT2D eigenvalue weighted by Gasteiger charge is -2.09. The first kappa shape index (κ1) is 17.7. The van der Waals surface area contributed by atoms with Gasteiger partial charge >= 0.3 is 0 Å². The fourth-order valence-electron chi connectivity index (χ4n) is 3.10. The second-order valence-electron chi connectivity index (χ2n) is 6.34. The van der Waals surface area contributed by atoms with E-state index in [1.807, 2.05) is 54.1 Å². The number of nitrogens with zero attached hydrogens (tertiary/aromatic N) is 5. The molecule has 140 valence electrons. The van der Waals surface area contributed by atoms with Gasteiger partial charge in [-0.1, -0.05) is 37.3 Å². The molecule has 7 heteroatoms. The molecule has 0 aliphatic rings. The number of aromatic nitrogens is 5. The fraction of sp³-hybridized carbons (Fsp3) is 0.143. The Kier molecular flexibility index (Phi) is 4.97. The van der Waals surface area contributed by atoms with Crippen LogP contribution in [0.3, 0.4) is 0 Å². The Morgan fingerprint density at radius 3 is 2.50 bits per heavy atom. The van der Waals surface area contributed by atoms with Crippen LogP contribution in [0.25, 0.3) is 5.69 Å². The van der Waals surface area contributed by atoms with E-state index < -0.39 is 0 Å². The van der Waals surface area contributed by atoms with E-state index in [4.69, 9.17) is 0 Å². The van der Waals surface area contributed by atoms with Crippen molar-refractivity contribution in [3.05, 3.63) is 90.3 Å². The van der Waals surface area contributed by atoms with Gasteiger partial charge in [0.2, 0.25) is 0 Å². The third kappa shape index (κ3) is 3.68. The van der Waals surface area contributed by atoms with Crippen molar-refractivity contribution in [1.82, 2.24) is 24.5 Å². The first-order valence-corrected chi connectivity index (χ1v) is 9.09. The van der Waals surface area contributed by atoms with Gasteiger partial charge in [-0.2, -0.15) is 10.2 Å². The van der Waals surface area contributed by atoms with Crippen molar-refractivity contribution in [3.63, 3.8) is 0 Å². The van der Waals surface area contributed by atoms with Crippen LogP contribution in [0.4, 0.5) is 5.69 Å². The van der Waals surface area contributed by atoms with Gasteiger partial charge < -0.3 is 5.32 Å². The lowest BCUT2D eigenvalue weighted by molar-refractivity contribution is 0.102. The molecule has 0 aliphatic heterocycles. The molecule has 4 aromatic rings. The molecule has 28 heavy (non-hydrogen) atoms. The molecule has 0 saturated carbocycles. The summed E-state index contributed by atoms with van der Waals surface area (Å²) in [5.41, 5.74) is 4.25. The van der Waals surface area contributed by atoms with Crippen molar-refractivity contribution in [2.75, 3.05) is 5.32 Å². The van der Waals surface area contributed by atoms with Gasteiger partial charge in [-0.05, 0) is 36.2 Å². The van der Waals surface area contributed by atoms with E-state index in [9.17, 15) is 4.79 Å². The number of carbonyl (C=O) groups is 1. The van der Waals surface area contributed by atoms with Crippen LogP contribution < -0.4 is 5.32 Å². The van der Waals surface area contributed by atoms with Crippen molar-refractivity contribution in [2.24, 2.45) is 0 Å². The van der Waals surface area contributed by atoms with Gasteiger partial charge in [0.15, 0.2) is 0 Å². The smallest absolute Gasteiger partial charge is 0.259 e. The Morgan fingerprint density at radius 2 is 1.82 bits per heavy atom. The van der Waals surface area contributed by atoms with Crippen LogP contribution in [-0.4, -0.2) is 30.5 Å². The molecule has 1 amide bonds. The summed E-state index contributed by atoms with van der Waals surface area (Å²) < 4.78 is 3.55. The van der Waals surface area contributed by atoms with Crippen LogP contribution >= 0.6 is 0 Å². The minimum atomic E-state index is -0.162. The van der Waals surface area contributed by atoms with Crippen LogP contribution in [0.2, 0.25) is 0 Å². The molecule has 0 fully saturated rings. The van der Waals surface area contributed by atoms with E-state index in [2.05, 4.69) is 32.6 Å². The largest absolute Gasteiger partial charge is 0.322 e. The van der Waals surface area contributed by atoms with E-state index >= 15 is 0 Å². The highest BCUT2D eigenvalue weighted by molar-refractivity contribution is 6.05. The molecule has 2 aromatic carbocycles. The van der Waals surface area contributed by atoms with Gasteiger partial charge in [0.1, 0.15) is 12.7 Å². The summed E-state index contributed by atoms with van der Waals surface area (Å²) in [7, 11) is 0. The van der Waals surface area contributed by atoms with Crippen molar-refractivity contribution >= 4 is 11.6 Å². The first-order valence-electron chi connectivity index (χ1n) is 9.09. The second kappa shape index (κ2) is 7.87. The lowest BCUT2D eigenvalue weighted by Crippen LogP contribution is -2.15. The van der Waals surface area contributed by atoms with Gasteiger partial charge in [0, 0.05) is 5.69 Å². The zero-order valence-corrected chi connectivity index (χ0v) is 15.5. The van der Waals surface area contributed by atoms with Gasteiger partial charge in [0.25, 0.3) is 5.91 Å². The molecule has 7 nitrogen and oxygen atoms in total. The monoisotopic (exact) mass is 372 g/mol. The van der Waals surface area contributed by atoms with Gasteiger partial charge in [-0.3, -0.25) is 9.48 Å². The Labute approximate surface area is 162 Å². The fourth-order valence-corrected chi connectivity index (χ4v) is 3.10. The number of nitrogens with one attached hydrogen (secondary N) is 1. The summed E-state index contributed by atoms with van der Waals surface area (Å²) >= 11 is 0. The second-order valence-corrected chi connectivity index (χ2v) is 6.34. The minimum absolute atomic E-state index is 0.162. The SMILES string of the molecule is CCc1c(C(=O)Nc2ccc(-n3cncn3)cc2)cnn1Cc1ccccc1. The number of anilines is 1. The molecule has 0 atom stereocenters. The molecule has 2 heterocycles. The van der Waals surface area contributed by atoms with Crippen molar-refractivity contribution in [1.29, 1.82) is 0 Å². The van der Waals surface area contributed by atoms with Gasteiger partial charge in [-0.15, -0.1) is 0 Å². The lowest BCUT2D eigenvalue weighted by atomic mass is 10.1. The quantitative estimate of drug-likeness (QED) is 0.563.